The second-order valence-electron chi connectivity index (χ2n) is 6.73. The molecule has 0 aromatic rings. The first kappa shape index (κ1) is 14.3. The van der Waals surface area contributed by atoms with Gasteiger partial charge in [0.25, 0.3) is 0 Å². The van der Waals surface area contributed by atoms with Gasteiger partial charge in [-0.2, -0.15) is 0 Å². The standard InChI is InChI=1S/C16H31NO/c1-12(2)16-11-15(9-10-18-16)17-13(3)14-7-5-4-6-8-14/h12-17H,4-11H2,1-3H3. The van der Waals surface area contributed by atoms with Crippen LogP contribution in [0.3, 0.4) is 0 Å². The molecule has 1 N–H and O–H groups in total. The van der Waals surface area contributed by atoms with Crippen LogP contribution < -0.4 is 5.32 Å². The van der Waals surface area contributed by atoms with E-state index in [1.54, 1.807) is 0 Å². The molecule has 2 rings (SSSR count). The summed E-state index contributed by atoms with van der Waals surface area (Å²) in [6.45, 7) is 7.89. The Morgan fingerprint density at radius 2 is 1.72 bits per heavy atom. The van der Waals surface area contributed by atoms with Gasteiger partial charge in [0.1, 0.15) is 0 Å². The fraction of sp³-hybridized carbons (Fsp3) is 1.00. The number of hydrogen-bond acceptors (Lipinski definition) is 2. The Kier molecular flexibility index (Phi) is 5.50. The summed E-state index contributed by atoms with van der Waals surface area (Å²) in [7, 11) is 0. The molecule has 3 unspecified atom stereocenters. The first-order valence-corrected chi connectivity index (χ1v) is 8.04. The van der Waals surface area contributed by atoms with Crippen molar-refractivity contribution < 1.29 is 4.74 Å². The van der Waals surface area contributed by atoms with Gasteiger partial charge in [-0.25, -0.2) is 0 Å². The molecule has 0 aromatic carbocycles. The van der Waals surface area contributed by atoms with Gasteiger partial charge < -0.3 is 10.1 Å². The molecule has 2 nitrogen and oxygen atoms in total. The quantitative estimate of drug-likeness (QED) is 0.824. The third-order valence-corrected chi connectivity index (χ3v) is 4.91. The molecule has 1 heterocycles. The highest BCUT2D eigenvalue weighted by atomic mass is 16.5. The van der Waals surface area contributed by atoms with Gasteiger partial charge in [0.05, 0.1) is 6.10 Å². The van der Waals surface area contributed by atoms with Crippen LogP contribution in [0.1, 0.15) is 65.7 Å². The van der Waals surface area contributed by atoms with E-state index < -0.39 is 0 Å². The van der Waals surface area contributed by atoms with Crippen LogP contribution in [0.4, 0.5) is 0 Å². The highest BCUT2D eigenvalue weighted by Gasteiger charge is 2.28. The van der Waals surface area contributed by atoms with Crippen molar-refractivity contribution in [1.29, 1.82) is 0 Å². The van der Waals surface area contributed by atoms with Gasteiger partial charge in [-0.05, 0) is 44.4 Å². The molecular formula is C16H31NO. The molecule has 2 aliphatic rings. The van der Waals surface area contributed by atoms with Crippen molar-refractivity contribution in [2.24, 2.45) is 11.8 Å². The third kappa shape index (κ3) is 3.96. The van der Waals surface area contributed by atoms with Gasteiger partial charge in [-0.15, -0.1) is 0 Å². The van der Waals surface area contributed by atoms with Gasteiger partial charge >= 0.3 is 0 Å². The predicted molar refractivity (Wildman–Crippen MR) is 76.8 cm³/mol. The lowest BCUT2D eigenvalue weighted by molar-refractivity contribution is -0.0269. The summed E-state index contributed by atoms with van der Waals surface area (Å²) >= 11 is 0. The van der Waals surface area contributed by atoms with Crippen LogP contribution in [0.15, 0.2) is 0 Å². The first-order valence-electron chi connectivity index (χ1n) is 8.04. The van der Waals surface area contributed by atoms with E-state index in [1.165, 1.54) is 44.9 Å². The maximum atomic E-state index is 5.86. The van der Waals surface area contributed by atoms with Crippen LogP contribution >= 0.6 is 0 Å². The monoisotopic (exact) mass is 253 g/mol. The summed E-state index contributed by atoms with van der Waals surface area (Å²) in [5.41, 5.74) is 0. The van der Waals surface area contributed by atoms with Crippen molar-refractivity contribution in [2.45, 2.75) is 83.9 Å². The van der Waals surface area contributed by atoms with E-state index in [-0.39, 0.29) is 0 Å². The van der Waals surface area contributed by atoms with Crippen molar-refractivity contribution in [1.82, 2.24) is 5.32 Å². The smallest absolute Gasteiger partial charge is 0.0612 e. The number of rotatable bonds is 4. The lowest BCUT2D eigenvalue weighted by Gasteiger charge is -2.37. The second kappa shape index (κ2) is 6.91. The highest BCUT2D eigenvalue weighted by molar-refractivity contribution is 4.84. The van der Waals surface area contributed by atoms with Crippen LogP contribution in [0.5, 0.6) is 0 Å². The van der Waals surface area contributed by atoms with E-state index in [0.717, 1.165) is 12.5 Å². The molecule has 18 heavy (non-hydrogen) atoms. The van der Waals surface area contributed by atoms with Gasteiger partial charge in [0, 0.05) is 18.7 Å². The van der Waals surface area contributed by atoms with Crippen molar-refractivity contribution in [2.75, 3.05) is 6.61 Å². The van der Waals surface area contributed by atoms with Gasteiger partial charge in [0.15, 0.2) is 0 Å². The van der Waals surface area contributed by atoms with Crippen LogP contribution in [0.2, 0.25) is 0 Å². The van der Waals surface area contributed by atoms with E-state index in [4.69, 9.17) is 4.74 Å². The van der Waals surface area contributed by atoms with Gasteiger partial charge in [-0.3, -0.25) is 0 Å². The molecule has 0 spiro atoms. The number of nitrogens with one attached hydrogen (secondary N) is 1. The zero-order chi connectivity index (χ0) is 13.0. The highest BCUT2D eigenvalue weighted by Crippen LogP contribution is 2.28. The second-order valence-corrected chi connectivity index (χ2v) is 6.73. The fourth-order valence-electron chi connectivity index (χ4n) is 3.59. The molecule has 0 aromatic heterocycles. The zero-order valence-corrected chi connectivity index (χ0v) is 12.5. The zero-order valence-electron chi connectivity index (χ0n) is 12.5. The molecule has 0 amide bonds. The largest absolute Gasteiger partial charge is 0.378 e. The van der Waals surface area contributed by atoms with Crippen LogP contribution in [-0.2, 0) is 4.74 Å². The number of hydrogen-bond donors (Lipinski definition) is 1. The molecule has 2 fully saturated rings. The Labute approximate surface area is 113 Å². The molecular weight excluding hydrogens is 222 g/mol. The van der Waals surface area contributed by atoms with E-state index >= 15 is 0 Å². The molecule has 2 heteroatoms. The molecule has 3 atom stereocenters. The minimum atomic E-state index is 0.467. The van der Waals surface area contributed by atoms with E-state index in [1.807, 2.05) is 0 Å². The van der Waals surface area contributed by atoms with Gasteiger partial charge in [-0.1, -0.05) is 33.1 Å². The Morgan fingerprint density at radius 1 is 1.00 bits per heavy atom. The Bertz CT molecular complexity index is 235. The Balaban J connectivity index is 1.77. The summed E-state index contributed by atoms with van der Waals surface area (Å²) in [5.74, 6) is 1.57. The molecule has 1 aliphatic carbocycles. The predicted octanol–water partition coefficient (Wildman–Crippen LogP) is 3.75. The van der Waals surface area contributed by atoms with Crippen molar-refractivity contribution >= 4 is 0 Å². The molecule has 0 bridgehead atoms. The van der Waals surface area contributed by atoms with Crippen LogP contribution in [-0.4, -0.2) is 24.8 Å². The third-order valence-electron chi connectivity index (χ3n) is 4.91. The lowest BCUT2D eigenvalue weighted by atomic mass is 9.84. The normalized spacial score (nSPS) is 32.7. The Hall–Kier alpha value is -0.0800. The summed E-state index contributed by atoms with van der Waals surface area (Å²) in [5, 5.41) is 3.89. The Morgan fingerprint density at radius 3 is 2.39 bits per heavy atom. The average Bonchev–Trinajstić information content (AvgIpc) is 2.40. The van der Waals surface area contributed by atoms with E-state index in [2.05, 4.69) is 26.1 Å². The summed E-state index contributed by atoms with van der Waals surface area (Å²) in [6, 6.07) is 1.38. The minimum absolute atomic E-state index is 0.467. The van der Waals surface area contributed by atoms with Crippen molar-refractivity contribution in [3.63, 3.8) is 0 Å². The summed E-state index contributed by atoms with van der Waals surface area (Å²) in [6.07, 6.45) is 10.1. The molecule has 0 radical (unpaired) electrons. The molecule has 1 aliphatic heterocycles. The fourth-order valence-corrected chi connectivity index (χ4v) is 3.59. The maximum Gasteiger partial charge on any atom is 0.0612 e. The maximum absolute atomic E-state index is 5.86. The van der Waals surface area contributed by atoms with Crippen LogP contribution in [0.25, 0.3) is 0 Å². The van der Waals surface area contributed by atoms with E-state index in [0.29, 0.717) is 24.1 Å². The first-order chi connectivity index (χ1) is 8.66. The van der Waals surface area contributed by atoms with Crippen LogP contribution in [0, 0.1) is 11.8 Å². The van der Waals surface area contributed by atoms with E-state index in [9.17, 15) is 0 Å². The molecule has 106 valence electrons. The average molecular weight is 253 g/mol. The minimum Gasteiger partial charge on any atom is -0.378 e. The van der Waals surface area contributed by atoms with Crippen molar-refractivity contribution in [3.05, 3.63) is 0 Å². The van der Waals surface area contributed by atoms with Crippen molar-refractivity contribution in [3.8, 4) is 0 Å². The SMILES string of the molecule is CC(C)C1CC(NC(C)C2CCCCC2)CCO1. The lowest BCUT2D eigenvalue weighted by Crippen LogP contribution is -2.47. The summed E-state index contributed by atoms with van der Waals surface area (Å²) < 4.78 is 5.86. The molecule has 1 saturated heterocycles. The summed E-state index contributed by atoms with van der Waals surface area (Å²) in [4.78, 5) is 0. The number of ether oxygens (including phenoxy) is 1. The topological polar surface area (TPSA) is 21.3 Å². The molecule has 1 saturated carbocycles. The van der Waals surface area contributed by atoms with Gasteiger partial charge in [0.2, 0.25) is 0 Å².